The van der Waals surface area contributed by atoms with E-state index in [1.807, 2.05) is 0 Å². The minimum atomic E-state index is -2.30. The van der Waals surface area contributed by atoms with Crippen LogP contribution in [0, 0.1) is 17.8 Å². The Morgan fingerprint density at radius 2 is 1.37 bits per heavy atom. The van der Waals surface area contributed by atoms with Gasteiger partial charge in [0, 0.05) is 37.5 Å². The van der Waals surface area contributed by atoms with Crippen LogP contribution in [0.25, 0.3) is 0 Å². The van der Waals surface area contributed by atoms with Crippen LogP contribution in [-0.2, 0) is 33.3 Å². The number of nitrogens with two attached hydrogens (primary N) is 1. The summed E-state index contributed by atoms with van der Waals surface area (Å²) in [7, 11) is 1.10. The number of halogens is 1. The molecule has 380 valence electrons. The summed E-state index contributed by atoms with van der Waals surface area (Å²) in [5.41, 5.74) is 6.04. The Bertz CT molecular complexity index is 1740. The lowest BCUT2D eigenvalue weighted by atomic mass is 9.82. The number of carbonyl (C=O) groups excluding carboxylic acids is 2. The molecule has 0 spiro atoms. The molecular weight excluding hydrogens is 882 g/mol. The Morgan fingerprint density at radius 1 is 0.731 bits per heavy atom. The lowest BCUT2D eigenvalue weighted by molar-refractivity contribution is -0.308. The highest BCUT2D eigenvalue weighted by Crippen LogP contribution is 2.38. The molecule has 0 aromatic carbocycles. The summed E-state index contributed by atoms with van der Waals surface area (Å²) in [6.45, 7) is 6.60. The summed E-state index contributed by atoms with van der Waals surface area (Å²) in [5, 5.41) is 109. The van der Waals surface area contributed by atoms with Gasteiger partial charge in [-0.2, -0.15) is 0 Å². The number of hydrogen-bond acceptors (Lipinski definition) is 18. The van der Waals surface area contributed by atoms with Gasteiger partial charge in [-0.1, -0.05) is 80.7 Å². The second-order valence-electron chi connectivity index (χ2n) is 17.9. The zero-order valence-corrected chi connectivity index (χ0v) is 38.8. The predicted octanol–water partition coefficient (Wildman–Crippen LogP) is 1.10. The van der Waals surface area contributed by atoms with Gasteiger partial charge >= 0.3 is 11.9 Å². The van der Waals surface area contributed by atoms with Gasteiger partial charge in [0.15, 0.2) is 12.1 Å². The lowest BCUT2D eigenvalue weighted by Crippen LogP contribution is -2.61. The smallest absolute Gasteiger partial charge is 0.313 e. The van der Waals surface area contributed by atoms with Crippen LogP contribution in [0.4, 0.5) is 4.39 Å². The summed E-state index contributed by atoms with van der Waals surface area (Å²) in [5.74, 6) is -6.77. The highest BCUT2D eigenvalue weighted by molar-refractivity contribution is 5.74. The van der Waals surface area contributed by atoms with Crippen molar-refractivity contribution in [2.45, 2.75) is 177 Å². The summed E-state index contributed by atoms with van der Waals surface area (Å²) in [6, 6.07) is -1.16. The van der Waals surface area contributed by atoms with E-state index in [-0.39, 0.29) is 31.6 Å². The molecule has 3 heterocycles. The SMILES string of the molecule is COC(=O)[C@H]1[C@@H]2C[C@@H](O[C@@H]3O[C@H](C)[C@@H](O)[C@H](N)[C@@H]3O)C=CC=CC=CC=CC(F)=CC=CC=C[C@H](C)[C@@H](O)[C@@H](C)[C@H](C)OC(=O)C[C@H](O)C[C@H](O)CC[C@@H](O)[C@H](O)C[C@H](O)C[C@](O)(C[C@@H]1O)O2. The number of hydrogen-bond donors (Lipinski definition) is 11. The molecule has 2 fully saturated rings. The minimum absolute atomic E-state index is 0.114. The van der Waals surface area contributed by atoms with Gasteiger partial charge in [0.1, 0.15) is 24.0 Å². The van der Waals surface area contributed by atoms with Gasteiger partial charge in [0.05, 0.1) is 86.7 Å². The first-order valence-electron chi connectivity index (χ1n) is 22.8. The van der Waals surface area contributed by atoms with Crippen molar-refractivity contribution >= 4 is 11.9 Å². The molecule has 3 rings (SSSR count). The van der Waals surface area contributed by atoms with Crippen molar-refractivity contribution in [3.63, 3.8) is 0 Å². The molecule has 0 aromatic heterocycles. The van der Waals surface area contributed by atoms with Gasteiger partial charge < -0.3 is 80.5 Å². The molecule has 3 aliphatic heterocycles. The molecule has 0 radical (unpaired) electrons. The molecule has 2 bridgehead atoms. The van der Waals surface area contributed by atoms with Crippen molar-refractivity contribution in [1.82, 2.24) is 0 Å². The van der Waals surface area contributed by atoms with E-state index in [9.17, 15) is 65.0 Å². The normalized spacial score (nSPS) is 41.3. The highest BCUT2D eigenvalue weighted by atomic mass is 19.1. The Balaban J connectivity index is 1.90. The predicted molar refractivity (Wildman–Crippen MR) is 241 cm³/mol. The molecule has 0 aromatic rings. The maximum Gasteiger partial charge on any atom is 0.313 e. The highest BCUT2D eigenvalue weighted by Gasteiger charge is 2.51. The van der Waals surface area contributed by atoms with E-state index < -0.39 is 153 Å². The van der Waals surface area contributed by atoms with Gasteiger partial charge in [0.25, 0.3) is 0 Å². The molecule has 19 heteroatoms. The number of carbonyl (C=O) groups is 2. The van der Waals surface area contributed by atoms with Gasteiger partial charge in [-0.15, -0.1) is 0 Å². The number of rotatable bonds is 3. The van der Waals surface area contributed by atoms with E-state index in [0.29, 0.717) is 0 Å². The fourth-order valence-electron chi connectivity index (χ4n) is 8.12. The van der Waals surface area contributed by atoms with Crippen LogP contribution >= 0.6 is 0 Å². The minimum Gasteiger partial charge on any atom is -0.469 e. The Kier molecular flexibility index (Phi) is 24.4. The number of methoxy groups -OCH3 is 1. The van der Waals surface area contributed by atoms with Crippen molar-refractivity contribution in [2.24, 2.45) is 23.5 Å². The quantitative estimate of drug-likeness (QED) is 0.177. The van der Waals surface area contributed by atoms with Crippen LogP contribution in [0.5, 0.6) is 0 Å². The molecule has 0 aliphatic carbocycles. The summed E-state index contributed by atoms with van der Waals surface area (Å²) in [4.78, 5) is 25.7. The average Bonchev–Trinajstić information content (AvgIpc) is 3.25. The molecule has 19 atom stereocenters. The average molecular weight is 956 g/mol. The number of cyclic esters (lactones) is 1. The first kappa shape index (κ1) is 57.8. The van der Waals surface area contributed by atoms with Crippen LogP contribution < -0.4 is 5.73 Å². The Hall–Kier alpha value is -3.51. The van der Waals surface area contributed by atoms with Crippen LogP contribution in [0.1, 0.15) is 79.1 Å². The largest absolute Gasteiger partial charge is 0.469 e. The third-order valence-corrected chi connectivity index (χ3v) is 12.3. The van der Waals surface area contributed by atoms with Gasteiger partial charge in [0.2, 0.25) is 0 Å². The van der Waals surface area contributed by atoms with Crippen molar-refractivity contribution < 1.29 is 88.7 Å². The lowest BCUT2D eigenvalue weighted by Gasteiger charge is -2.45. The Morgan fingerprint density at radius 3 is 2.06 bits per heavy atom. The number of aliphatic hydroxyl groups is 10. The summed E-state index contributed by atoms with van der Waals surface area (Å²) in [6.07, 6.45) is -1.01. The molecule has 0 saturated carbocycles. The van der Waals surface area contributed by atoms with E-state index in [2.05, 4.69) is 0 Å². The topological polar surface area (TPSA) is 309 Å². The van der Waals surface area contributed by atoms with Gasteiger partial charge in [-0.3, -0.25) is 9.59 Å². The third-order valence-electron chi connectivity index (χ3n) is 12.3. The monoisotopic (exact) mass is 955 g/mol. The summed E-state index contributed by atoms with van der Waals surface area (Å²) >= 11 is 0. The van der Waals surface area contributed by atoms with E-state index in [4.69, 9.17) is 29.4 Å². The van der Waals surface area contributed by atoms with Crippen molar-refractivity contribution in [1.29, 1.82) is 0 Å². The van der Waals surface area contributed by atoms with Crippen LogP contribution in [0.15, 0.2) is 84.8 Å². The number of fused-ring (bicyclic) bond motifs is 2. The summed E-state index contributed by atoms with van der Waals surface area (Å²) < 4.78 is 42.7. The van der Waals surface area contributed by atoms with E-state index in [0.717, 1.165) is 7.11 Å². The van der Waals surface area contributed by atoms with Gasteiger partial charge in [-0.25, -0.2) is 4.39 Å². The van der Waals surface area contributed by atoms with Crippen molar-refractivity contribution in [3.05, 3.63) is 84.8 Å². The Labute approximate surface area is 391 Å². The third kappa shape index (κ3) is 19.1. The number of aliphatic hydroxyl groups excluding tert-OH is 9. The molecule has 0 amide bonds. The van der Waals surface area contributed by atoms with E-state index >= 15 is 0 Å². The molecule has 3 aliphatic rings. The van der Waals surface area contributed by atoms with Crippen molar-refractivity contribution in [2.75, 3.05) is 7.11 Å². The van der Waals surface area contributed by atoms with E-state index in [1.54, 1.807) is 69.4 Å². The molecule has 0 unspecified atom stereocenters. The van der Waals surface area contributed by atoms with Crippen LogP contribution in [0.3, 0.4) is 0 Å². The zero-order valence-electron chi connectivity index (χ0n) is 38.8. The van der Waals surface area contributed by atoms with E-state index in [1.165, 1.54) is 37.3 Å². The fraction of sp³-hybridized carbons (Fsp3) is 0.667. The second kappa shape index (κ2) is 28.2. The maximum atomic E-state index is 14.4. The van der Waals surface area contributed by atoms with Crippen LogP contribution in [-0.4, -0.2) is 168 Å². The van der Waals surface area contributed by atoms with Crippen LogP contribution in [0.2, 0.25) is 0 Å². The second-order valence-corrected chi connectivity index (χ2v) is 17.9. The number of allylic oxidation sites excluding steroid dienone is 12. The molecular formula is C48H74FNO17. The first-order chi connectivity index (χ1) is 31.5. The number of ether oxygens (including phenoxy) is 5. The molecule has 67 heavy (non-hydrogen) atoms. The molecule has 12 N–H and O–H groups in total. The standard InChI is InChI=1S/C48H74FNO17/c1-27-15-11-10-13-17-31(49)16-12-8-6-7-9-14-18-35(66-47-45(60)42(50)44(59)30(4)65-47)24-39-41(46(61)63-5)38(56)26-48(62,67-39)25-34(53)22-37(55)36(54)20-19-32(51)21-33(52)23-40(57)64-29(3)28(2)43(27)58/h6-18,27-30,32-39,41-45,47,51-56,58-60,62H,19-26,50H2,1-5H3/t27-,28-,29-,30+,32+,33+,34-,35-,36+,37+,38-,39-,41+,42-,43+,44+,45-,47-,48+/m0/s1. The van der Waals surface area contributed by atoms with Crippen molar-refractivity contribution in [3.8, 4) is 0 Å². The zero-order chi connectivity index (χ0) is 50.0. The maximum absolute atomic E-state index is 14.4. The van der Waals surface area contributed by atoms with Gasteiger partial charge in [-0.05, 0) is 45.3 Å². The molecule has 18 nitrogen and oxygen atoms in total. The first-order valence-corrected chi connectivity index (χ1v) is 22.8. The fourth-order valence-corrected chi connectivity index (χ4v) is 8.12. The molecule has 2 saturated heterocycles. The number of esters is 2.